The fourth-order valence-electron chi connectivity index (χ4n) is 2.52. The van der Waals surface area contributed by atoms with Crippen LogP contribution in [0.25, 0.3) is 17.0 Å². The summed E-state index contributed by atoms with van der Waals surface area (Å²) in [4.78, 5) is 19.3. The van der Waals surface area contributed by atoms with Crippen molar-refractivity contribution in [1.82, 2.24) is 15.3 Å². The van der Waals surface area contributed by atoms with Crippen LogP contribution in [0.15, 0.2) is 60.6 Å². The molecule has 1 aromatic carbocycles. The zero-order valence-electron chi connectivity index (χ0n) is 13.0. The van der Waals surface area contributed by atoms with Crippen LogP contribution in [0.3, 0.4) is 0 Å². The summed E-state index contributed by atoms with van der Waals surface area (Å²) < 4.78 is 0. The van der Waals surface area contributed by atoms with Crippen LogP contribution in [0.4, 0.5) is 0 Å². The van der Waals surface area contributed by atoms with Crippen LogP contribution in [-0.4, -0.2) is 22.4 Å². The highest BCUT2D eigenvalue weighted by Crippen LogP contribution is 2.17. The van der Waals surface area contributed by atoms with Crippen molar-refractivity contribution in [2.75, 3.05) is 6.54 Å². The minimum atomic E-state index is -0.374. The Bertz CT molecular complexity index is 919. The molecule has 5 nitrogen and oxygen atoms in total. The summed E-state index contributed by atoms with van der Waals surface area (Å²) >= 11 is 0. The van der Waals surface area contributed by atoms with Gasteiger partial charge in [0, 0.05) is 36.0 Å². The van der Waals surface area contributed by atoms with Crippen LogP contribution in [-0.2, 0) is 11.2 Å². The lowest BCUT2D eigenvalue weighted by atomic mass is 10.1. The highest BCUT2D eigenvalue weighted by Gasteiger charge is 2.09. The van der Waals surface area contributed by atoms with E-state index in [-0.39, 0.29) is 11.5 Å². The van der Waals surface area contributed by atoms with E-state index in [0.29, 0.717) is 13.0 Å². The Morgan fingerprint density at radius 1 is 1.29 bits per heavy atom. The van der Waals surface area contributed by atoms with Gasteiger partial charge in [-0.2, -0.15) is 5.26 Å². The number of pyridine rings is 1. The van der Waals surface area contributed by atoms with Gasteiger partial charge >= 0.3 is 0 Å². The average Bonchev–Trinajstić information content (AvgIpc) is 3.04. The predicted molar refractivity (Wildman–Crippen MR) is 92.8 cm³/mol. The molecule has 5 heteroatoms. The number of para-hydroxylation sites is 1. The highest BCUT2D eigenvalue weighted by atomic mass is 16.1. The molecule has 3 rings (SSSR count). The topological polar surface area (TPSA) is 81.6 Å². The number of carbonyl (C=O) groups excluding carboxylic acids is 1. The summed E-state index contributed by atoms with van der Waals surface area (Å²) in [6, 6.07) is 13.5. The molecule has 0 aliphatic rings. The van der Waals surface area contributed by atoms with Crippen molar-refractivity contribution < 1.29 is 4.79 Å². The number of aromatic amines is 1. The van der Waals surface area contributed by atoms with E-state index in [9.17, 15) is 10.1 Å². The van der Waals surface area contributed by atoms with Gasteiger partial charge in [0.05, 0.1) is 0 Å². The first-order chi connectivity index (χ1) is 11.8. The molecule has 0 bridgehead atoms. The number of fused-ring (bicyclic) bond motifs is 1. The molecular formula is C19H16N4O. The number of nitrogens with zero attached hydrogens (tertiary/aromatic N) is 2. The van der Waals surface area contributed by atoms with Crippen molar-refractivity contribution in [2.45, 2.75) is 6.42 Å². The van der Waals surface area contributed by atoms with E-state index in [1.54, 1.807) is 24.5 Å². The molecule has 0 aliphatic carbocycles. The third-order valence-corrected chi connectivity index (χ3v) is 3.72. The first-order valence-electron chi connectivity index (χ1n) is 7.63. The lowest BCUT2D eigenvalue weighted by Gasteiger charge is -2.04. The third kappa shape index (κ3) is 3.50. The van der Waals surface area contributed by atoms with Crippen molar-refractivity contribution in [2.24, 2.45) is 0 Å². The molecule has 24 heavy (non-hydrogen) atoms. The zero-order valence-corrected chi connectivity index (χ0v) is 13.0. The standard InChI is InChI=1S/C19H16N4O/c20-11-16(10-14-4-3-8-21-12-14)19(24)22-9-7-15-13-23-18-6-2-1-5-17(15)18/h1-6,8,10,12-13,23H,7,9H2,(H,22,24)/b16-10+. The molecule has 0 spiro atoms. The first kappa shape index (κ1) is 15.5. The molecule has 0 fully saturated rings. The van der Waals surface area contributed by atoms with Crippen LogP contribution in [0.5, 0.6) is 0 Å². The maximum atomic E-state index is 12.1. The van der Waals surface area contributed by atoms with E-state index >= 15 is 0 Å². The summed E-state index contributed by atoms with van der Waals surface area (Å²) in [5, 5.41) is 13.1. The van der Waals surface area contributed by atoms with E-state index in [1.165, 1.54) is 6.08 Å². The summed E-state index contributed by atoms with van der Waals surface area (Å²) in [5.74, 6) is -0.374. The molecule has 3 aromatic rings. The number of rotatable bonds is 5. The summed E-state index contributed by atoms with van der Waals surface area (Å²) in [6.07, 6.45) is 7.43. The lowest BCUT2D eigenvalue weighted by Crippen LogP contribution is -2.26. The molecule has 2 N–H and O–H groups in total. The Balaban J connectivity index is 1.63. The van der Waals surface area contributed by atoms with E-state index in [4.69, 9.17) is 0 Å². The van der Waals surface area contributed by atoms with Crippen LogP contribution in [0.2, 0.25) is 0 Å². The Hall–Kier alpha value is -3.39. The van der Waals surface area contributed by atoms with Gasteiger partial charge in [-0.05, 0) is 35.8 Å². The monoisotopic (exact) mass is 316 g/mol. The summed E-state index contributed by atoms with van der Waals surface area (Å²) in [7, 11) is 0. The number of hydrogen-bond donors (Lipinski definition) is 2. The summed E-state index contributed by atoms with van der Waals surface area (Å²) in [6.45, 7) is 0.465. The number of amides is 1. The van der Waals surface area contributed by atoms with Crippen molar-refractivity contribution in [1.29, 1.82) is 5.26 Å². The molecule has 1 amide bonds. The maximum absolute atomic E-state index is 12.1. The van der Waals surface area contributed by atoms with Crippen molar-refractivity contribution in [3.63, 3.8) is 0 Å². The van der Waals surface area contributed by atoms with Gasteiger partial charge in [0.25, 0.3) is 5.91 Å². The number of hydrogen-bond acceptors (Lipinski definition) is 3. The zero-order chi connectivity index (χ0) is 16.8. The Morgan fingerprint density at radius 2 is 2.17 bits per heavy atom. The van der Waals surface area contributed by atoms with E-state index in [2.05, 4.69) is 15.3 Å². The number of carbonyl (C=O) groups is 1. The van der Waals surface area contributed by atoms with Crippen LogP contribution in [0.1, 0.15) is 11.1 Å². The summed E-state index contributed by atoms with van der Waals surface area (Å²) in [5.41, 5.74) is 3.01. The quantitative estimate of drug-likeness (QED) is 0.561. The van der Waals surface area contributed by atoms with Gasteiger partial charge in [0.15, 0.2) is 0 Å². The first-order valence-corrected chi connectivity index (χ1v) is 7.63. The molecule has 0 radical (unpaired) electrons. The van der Waals surface area contributed by atoms with Gasteiger partial charge in [-0.1, -0.05) is 24.3 Å². The predicted octanol–water partition coefficient (Wildman–Crippen LogP) is 2.83. The molecule has 2 heterocycles. The van der Waals surface area contributed by atoms with E-state index in [0.717, 1.165) is 22.0 Å². The highest BCUT2D eigenvalue weighted by molar-refractivity contribution is 6.01. The van der Waals surface area contributed by atoms with E-state index in [1.807, 2.05) is 36.5 Å². The van der Waals surface area contributed by atoms with Crippen molar-refractivity contribution in [3.8, 4) is 6.07 Å². The van der Waals surface area contributed by atoms with Crippen LogP contribution in [0, 0.1) is 11.3 Å². The van der Waals surface area contributed by atoms with Crippen molar-refractivity contribution >= 4 is 22.9 Å². The number of H-pyrrole nitrogens is 1. The average molecular weight is 316 g/mol. The third-order valence-electron chi connectivity index (χ3n) is 3.72. The number of nitriles is 1. The minimum Gasteiger partial charge on any atom is -0.361 e. The second kappa shape index (κ2) is 7.25. The Morgan fingerprint density at radius 3 is 2.96 bits per heavy atom. The van der Waals surface area contributed by atoms with Gasteiger partial charge < -0.3 is 10.3 Å². The van der Waals surface area contributed by atoms with Crippen LogP contribution < -0.4 is 5.32 Å². The molecule has 0 aliphatic heterocycles. The Labute approximate surface area is 139 Å². The molecule has 2 aromatic heterocycles. The number of benzene rings is 1. The van der Waals surface area contributed by atoms with Gasteiger partial charge in [-0.15, -0.1) is 0 Å². The van der Waals surface area contributed by atoms with Crippen LogP contribution >= 0.6 is 0 Å². The molecule has 0 atom stereocenters. The number of aromatic nitrogens is 2. The molecule has 0 saturated heterocycles. The maximum Gasteiger partial charge on any atom is 0.261 e. The lowest BCUT2D eigenvalue weighted by molar-refractivity contribution is -0.117. The smallest absolute Gasteiger partial charge is 0.261 e. The fraction of sp³-hybridized carbons (Fsp3) is 0.105. The van der Waals surface area contributed by atoms with Gasteiger partial charge in [-0.25, -0.2) is 0 Å². The van der Waals surface area contributed by atoms with Gasteiger partial charge in [0.2, 0.25) is 0 Å². The molecular weight excluding hydrogens is 300 g/mol. The van der Waals surface area contributed by atoms with E-state index < -0.39 is 0 Å². The molecule has 0 unspecified atom stereocenters. The second-order valence-electron chi connectivity index (χ2n) is 5.32. The van der Waals surface area contributed by atoms with Gasteiger partial charge in [0.1, 0.15) is 11.6 Å². The minimum absolute atomic E-state index is 0.0712. The second-order valence-corrected chi connectivity index (χ2v) is 5.32. The van der Waals surface area contributed by atoms with Gasteiger partial charge in [-0.3, -0.25) is 9.78 Å². The Kier molecular flexibility index (Phi) is 4.68. The molecule has 118 valence electrons. The number of nitrogens with one attached hydrogen (secondary N) is 2. The normalized spacial score (nSPS) is 11.2. The SMILES string of the molecule is N#C/C(=C\c1cccnc1)C(=O)NCCc1c[nH]c2ccccc12. The van der Waals surface area contributed by atoms with Crippen molar-refractivity contribution in [3.05, 3.63) is 71.7 Å². The molecule has 0 saturated carbocycles. The fourth-order valence-corrected chi connectivity index (χ4v) is 2.52. The largest absolute Gasteiger partial charge is 0.361 e.